The van der Waals surface area contributed by atoms with Crippen molar-refractivity contribution < 1.29 is 19.1 Å². The number of thioether (sulfide) groups is 2. The fraction of sp³-hybridized carbons (Fsp3) is 0.143. The van der Waals surface area contributed by atoms with Gasteiger partial charge in [-0.15, -0.1) is 23.5 Å². The van der Waals surface area contributed by atoms with Crippen LogP contribution in [0, 0.1) is 0 Å². The highest BCUT2D eigenvalue weighted by Crippen LogP contribution is 2.18. The van der Waals surface area contributed by atoms with E-state index in [1.807, 2.05) is 47.2 Å². The topological polar surface area (TPSA) is 52.6 Å². The van der Waals surface area contributed by atoms with Crippen molar-refractivity contribution >= 4 is 47.6 Å². The lowest BCUT2D eigenvalue weighted by atomic mass is 10.1. The molecule has 0 amide bonds. The van der Waals surface area contributed by atoms with Crippen LogP contribution < -0.4 is 0 Å². The van der Waals surface area contributed by atoms with Crippen LogP contribution in [0.4, 0.5) is 0 Å². The summed E-state index contributed by atoms with van der Waals surface area (Å²) >= 11 is 3.37. The van der Waals surface area contributed by atoms with E-state index in [-0.39, 0.29) is 11.9 Å². The molecule has 2 rings (SSSR count). The van der Waals surface area contributed by atoms with Gasteiger partial charge in [0.05, 0.1) is 25.3 Å². The Morgan fingerprint density at radius 1 is 0.741 bits per heavy atom. The Hall–Kier alpha value is -2.44. The minimum Gasteiger partial charge on any atom is -0.465 e. The van der Waals surface area contributed by atoms with E-state index < -0.39 is 0 Å². The minimum absolute atomic E-state index is 0.331. The number of rotatable bonds is 8. The molecule has 27 heavy (non-hydrogen) atoms. The van der Waals surface area contributed by atoms with Crippen molar-refractivity contribution in [2.75, 3.05) is 19.3 Å². The molecule has 6 heteroatoms. The molecule has 0 radical (unpaired) electrons. The molecular weight excluding hydrogens is 380 g/mol. The average molecular weight is 401 g/mol. The molecule has 0 fully saturated rings. The summed E-state index contributed by atoms with van der Waals surface area (Å²) < 4.78 is 9.35. The predicted molar refractivity (Wildman–Crippen MR) is 114 cm³/mol. The van der Waals surface area contributed by atoms with Gasteiger partial charge in [-0.2, -0.15) is 0 Å². The molecule has 4 nitrogen and oxygen atoms in total. The van der Waals surface area contributed by atoms with Crippen molar-refractivity contribution in [3.63, 3.8) is 0 Å². The second-order valence-corrected chi connectivity index (χ2v) is 7.44. The molecule has 0 aromatic heterocycles. The standard InChI is InChI=1S/C21H20O4S2/c1-24-20(22)18-7-3-16(4-8-18)11-13-26-15-27-14-12-17-5-9-19(10-6-17)21(23)25-2/h3-14H,15H2,1-2H3/b13-11+,14-12+. The summed E-state index contributed by atoms with van der Waals surface area (Å²) in [7, 11) is 2.74. The van der Waals surface area contributed by atoms with Crippen LogP contribution in [0.2, 0.25) is 0 Å². The molecule has 0 unspecified atom stereocenters. The zero-order chi connectivity index (χ0) is 19.5. The van der Waals surface area contributed by atoms with Gasteiger partial charge in [0.2, 0.25) is 0 Å². The molecule has 0 bridgehead atoms. The van der Waals surface area contributed by atoms with E-state index in [0.29, 0.717) is 11.1 Å². The van der Waals surface area contributed by atoms with Crippen LogP contribution in [0.15, 0.2) is 59.3 Å². The first-order chi connectivity index (χ1) is 13.1. The fourth-order valence-corrected chi connectivity index (χ4v) is 3.52. The molecule has 2 aromatic carbocycles. The van der Waals surface area contributed by atoms with Crippen LogP contribution in [0.1, 0.15) is 31.8 Å². The molecule has 0 aliphatic carbocycles. The smallest absolute Gasteiger partial charge is 0.337 e. The summed E-state index contributed by atoms with van der Waals surface area (Å²) in [5.74, 6) is -0.661. The second-order valence-electron chi connectivity index (χ2n) is 5.28. The van der Waals surface area contributed by atoms with Gasteiger partial charge in [0.1, 0.15) is 0 Å². The third kappa shape index (κ3) is 7.00. The Morgan fingerprint density at radius 2 is 1.11 bits per heavy atom. The van der Waals surface area contributed by atoms with E-state index >= 15 is 0 Å². The number of benzene rings is 2. The van der Waals surface area contributed by atoms with Crippen molar-refractivity contribution in [1.82, 2.24) is 0 Å². The summed E-state index contributed by atoms with van der Waals surface area (Å²) in [5, 5.41) is 4.94. The third-order valence-corrected chi connectivity index (χ3v) is 5.26. The van der Waals surface area contributed by atoms with Crippen LogP contribution in [0.25, 0.3) is 12.2 Å². The molecule has 0 heterocycles. The van der Waals surface area contributed by atoms with Gasteiger partial charge in [-0.05, 0) is 58.4 Å². The normalized spacial score (nSPS) is 11.0. The Bertz CT molecular complexity index is 740. The van der Waals surface area contributed by atoms with Gasteiger partial charge < -0.3 is 9.47 Å². The molecular formula is C21H20O4S2. The van der Waals surface area contributed by atoms with Gasteiger partial charge in [0, 0.05) is 5.08 Å². The Kier molecular flexibility index (Phi) is 8.74. The van der Waals surface area contributed by atoms with Gasteiger partial charge in [-0.3, -0.25) is 0 Å². The summed E-state index contributed by atoms with van der Waals surface area (Å²) in [6.07, 6.45) is 4.00. The number of hydrogen-bond acceptors (Lipinski definition) is 6. The van der Waals surface area contributed by atoms with Crippen LogP contribution in [-0.4, -0.2) is 31.2 Å². The number of methoxy groups -OCH3 is 2. The molecule has 2 aromatic rings. The lowest BCUT2D eigenvalue weighted by molar-refractivity contribution is 0.0592. The first-order valence-corrected chi connectivity index (χ1v) is 10.2. The molecule has 0 N–H and O–H groups in total. The molecule has 0 spiro atoms. The van der Waals surface area contributed by atoms with Crippen LogP contribution in [0.5, 0.6) is 0 Å². The summed E-state index contributed by atoms with van der Waals surface area (Å²) in [6.45, 7) is 0. The number of esters is 2. The molecule has 0 saturated heterocycles. The summed E-state index contributed by atoms with van der Waals surface area (Å²) in [5.41, 5.74) is 3.15. The molecule has 0 aliphatic heterocycles. The predicted octanol–water partition coefficient (Wildman–Crippen LogP) is 5.33. The number of carbonyl (C=O) groups is 2. The first-order valence-electron chi connectivity index (χ1n) is 8.07. The molecule has 0 aliphatic rings. The Morgan fingerprint density at radius 3 is 1.44 bits per heavy atom. The average Bonchev–Trinajstić information content (AvgIpc) is 2.72. The van der Waals surface area contributed by atoms with Crippen LogP contribution in [0.3, 0.4) is 0 Å². The fourth-order valence-electron chi connectivity index (χ4n) is 2.07. The number of ether oxygens (including phenoxy) is 2. The third-order valence-electron chi connectivity index (χ3n) is 3.51. The van der Waals surface area contributed by atoms with E-state index in [1.54, 1.807) is 47.8 Å². The van der Waals surface area contributed by atoms with E-state index in [9.17, 15) is 9.59 Å². The molecule has 0 saturated carbocycles. The van der Waals surface area contributed by atoms with Gasteiger partial charge in [0.15, 0.2) is 0 Å². The zero-order valence-electron chi connectivity index (χ0n) is 15.1. The van der Waals surface area contributed by atoms with E-state index in [4.69, 9.17) is 0 Å². The van der Waals surface area contributed by atoms with Gasteiger partial charge in [0.25, 0.3) is 0 Å². The monoisotopic (exact) mass is 400 g/mol. The largest absolute Gasteiger partial charge is 0.465 e. The van der Waals surface area contributed by atoms with Gasteiger partial charge in [-0.1, -0.05) is 24.3 Å². The van der Waals surface area contributed by atoms with Crippen molar-refractivity contribution in [3.05, 3.63) is 81.6 Å². The van der Waals surface area contributed by atoms with Crippen LogP contribution >= 0.6 is 23.5 Å². The maximum atomic E-state index is 11.4. The van der Waals surface area contributed by atoms with Crippen molar-refractivity contribution in [3.8, 4) is 0 Å². The quantitative estimate of drug-likeness (QED) is 0.339. The Balaban J connectivity index is 1.72. The van der Waals surface area contributed by atoms with Gasteiger partial charge in [-0.25, -0.2) is 9.59 Å². The number of carbonyl (C=O) groups excluding carboxylic acids is 2. The highest BCUT2D eigenvalue weighted by Gasteiger charge is 2.03. The minimum atomic E-state index is -0.331. The maximum Gasteiger partial charge on any atom is 0.337 e. The number of hydrogen-bond donors (Lipinski definition) is 0. The van der Waals surface area contributed by atoms with Gasteiger partial charge >= 0.3 is 11.9 Å². The maximum absolute atomic E-state index is 11.4. The molecule has 140 valence electrons. The van der Waals surface area contributed by atoms with Crippen molar-refractivity contribution in [1.29, 1.82) is 0 Å². The SMILES string of the molecule is COC(=O)c1ccc(/C=C/SCS/C=C/c2ccc(C(=O)OC)cc2)cc1. The van der Waals surface area contributed by atoms with Crippen LogP contribution in [-0.2, 0) is 9.47 Å². The van der Waals surface area contributed by atoms with E-state index in [0.717, 1.165) is 16.2 Å². The lowest BCUT2D eigenvalue weighted by Gasteiger charge is -1.99. The summed E-state index contributed by atoms with van der Waals surface area (Å²) in [4.78, 5) is 22.7. The second kappa shape index (κ2) is 11.3. The van der Waals surface area contributed by atoms with E-state index in [2.05, 4.69) is 9.47 Å². The van der Waals surface area contributed by atoms with E-state index in [1.165, 1.54) is 14.2 Å². The Labute approximate surface area is 167 Å². The highest BCUT2D eigenvalue weighted by atomic mass is 32.2. The first kappa shape index (κ1) is 20.9. The molecule has 0 atom stereocenters. The van der Waals surface area contributed by atoms with Crippen molar-refractivity contribution in [2.24, 2.45) is 0 Å². The van der Waals surface area contributed by atoms with Crippen molar-refractivity contribution in [2.45, 2.75) is 0 Å². The summed E-state index contributed by atoms with van der Waals surface area (Å²) in [6, 6.07) is 14.5. The zero-order valence-corrected chi connectivity index (χ0v) is 16.7. The highest BCUT2D eigenvalue weighted by molar-refractivity contribution is 8.18. The lowest BCUT2D eigenvalue weighted by Crippen LogP contribution is -2.00.